The van der Waals surface area contributed by atoms with E-state index in [-0.39, 0.29) is 18.9 Å². The second kappa shape index (κ2) is 10.2. The Morgan fingerprint density at radius 3 is 2.23 bits per heavy atom. The Labute approximate surface area is 180 Å². The normalized spacial score (nSPS) is 21.5. The van der Waals surface area contributed by atoms with E-state index >= 15 is 0 Å². The fraction of sp³-hybridized carbons (Fsp3) is 0.591. The summed E-state index contributed by atoms with van der Waals surface area (Å²) in [5.41, 5.74) is 0.292. The van der Waals surface area contributed by atoms with Gasteiger partial charge in [-0.25, -0.2) is 9.18 Å². The van der Waals surface area contributed by atoms with Crippen molar-refractivity contribution in [1.82, 2.24) is 4.90 Å². The van der Waals surface area contributed by atoms with Crippen molar-refractivity contribution in [2.45, 2.75) is 71.0 Å². The van der Waals surface area contributed by atoms with E-state index in [2.05, 4.69) is 0 Å². The molecule has 1 aliphatic rings. The van der Waals surface area contributed by atoms with Crippen LogP contribution >= 0.6 is 0 Å². The second-order valence-electron chi connectivity index (χ2n) is 8.48. The quantitative estimate of drug-likeness (QED) is 0.607. The Morgan fingerprint density at radius 2 is 1.71 bits per heavy atom. The number of hydrogen-bond acceptors (Lipinski definition) is 5. The van der Waals surface area contributed by atoms with Crippen LogP contribution in [0, 0.1) is 11.7 Å². The Morgan fingerprint density at radius 1 is 1.13 bits per heavy atom. The Hall–Kier alpha value is -2.52. The summed E-state index contributed by atoms with van der Waals surface area (Å²) in [7, 11) is 0. The molecule has 0 bridgehead atoms. The lowest BCUT2D eigenvalue weighted by Crippen LogP contribution is -2.47. The zero-order chi connectivity index (χ0) is 23.3. The van der Waals surface area contributed by atoms with Crippen LogP contribution in [0.4, 0.5) is 4.39 Å². The molecule has 0 spiro atoms. The number of carboxylic acids is 2. The van der Waals surface area contributed by atoms with Gasteiger partial charge in [0.1, 0.15) is 5.82 Å². The van der Waals surface area contributed by atoms with Gasteiger partial charge in [0.2, 0.25) is 5.91 Å². The molecule has 1 unspecified atom stereocenters. The van der Waals surface area contributed by atoms with Gasteiger partial charge >= 0.3 is 11.9 Å². The maximum atomic E-state index is 13.3. The molecule has 0 aromatic heterocycles. The van der Waals surface area contributed by atoms with Gasteiger partial charge in [-0.05, 0) is 38.0 Å². The minimum Gasteiger partial charge on any atom is -0.481 e. The molecule has 1 fully saturated rings. The van der Waals surface area contributed by atoms with Crippen molar-refractivity contribution in [2.75, 3.05) is 6.54 Å². The first-order valence-corrected chi connectivity index (χ1v) is 10.3. The SMILES string of the molecule is CC(C)C(=O)N(CC[C@H]1C[C@@H](CC(=O)O)OC(C)(C)O1)C(C(=O)O)c1ccc(F)cc1. The van der Waals surface area contributed by atoms with E-state index in [1.54, 1.807) is 27.7 Å². The number of carboxylic acid groups (broad SMARTS) is 2. The number of nitrogens with zero attached hydrogens (tertiary/aromatic N) is 1. The maximum Gasteiger partial charge on any atom is 0.331 e. The van der Waals surface area contributed by atoms with Crippen LogP contribution in [0.5, 0.6) is 0 Å². The average Bonchev–Trinajstić information content (AvgIpc) is 2.63. The number of hydrogen-bond donors (Lipinski definition) is 2. The van der Waals surface area contributed by atoms with E-state index in [0.29, 0.717) is 18.4 Å². The van der Waals surface area contributed by atoms with Crippen molar-refractivity contribution in [3.8, 4) is 0 Å². The molecular weight excluding hydrogens is 409 g/mol. The molecular formula is C22H30FNO7. The minimum absolute atomic E-state index is 0.0753. The van der Waals surface area contributed by atoms with Gasteiger partial charge < -0.3 is 24.6 Å². The van der Waals surface area contributed by atoms with Crippen molar-refractivity contribution in [2.24, 2.45) is 5.92 Å². The van der Waals surface area contributed by atoms with E-state index in [1.165, 1.54) is 17.0 Å². The molecule has 0 radical (unpaired) electrons. The third-order valence-corrected chi connectivity index (χ3v) is 5.03. The summed E-state index contributed by atoms with van der Waals surface area (Å²) in [6, 6.07) is 3.74. The molecule has 9 heteroatoms. The number of halogens is 1. The van der Waals surface area contributed by atoms with Gasteiger partial charge in [0.05, 0.1) is 18.6 Å². The van der Waals surface area contributed by atoms with Gasteiger partial charge in [0.25, 0.3) is 0 Å². The molecule has 0 saturated carbocycles. The van der Waals surface area contributed by atoms with E-state index in [1.807, 2.05) is 0 Å². The van der Waals surface area contributed by atoms with Crippen LogP contribution in [-0.4, -0.2) is 57.5 Å². The van der Waals surface area contributed by atoms with Gasteiger partial charge in [-0.15, -0.1) is 0 Å². The highest BCUT2D eigenvalue weighted by Gasteiger charge is 2.38. The van der Waals surface area contributed by atoms with Crippen LogP contribution in [0.15, 0.2) is 24.3 Å². The molecule has 2 N–H and O–H groups in total. The summed E-state index contributed by atoms with van der Waals surface area (Å²) >= 11 is 0. The highest BCUT2D eigenvalue weighted by molar-refractivity contribution is 5.85. The molecule has 0 aliphatic carbocycles. The van der Waals surface area contributed by atoms with Crippen LogP contribution in [0.1, 0.15) is 58.6 Å². The van der Waals surface area contributed by atoms with E-state index < -0.39 is 47.7 Å². The molecule has 1 saturated heterocycles. The van der Waals surface area contributed by atoms with Crippen molar-refractivity contribution in [3.63, 3.8) is 0 Å². The number of ether oxygens (including phenoxy) is 2. The molecule has 2 rings (SSSR count). The topological polar surface area (TPSA) is 113 Å². The second-order valence-corrected chi connectivity index (χ2v) is 8.48. The van der Waals surface area contributed by atoms with E-state index in [9.17, 15) is 23.9 Å². The number of benzene rings is 1. The molecule has 1 aromatic rings. The highest BCUT2D eigenvalue weighted by atomic mass is 19.1. The van der Waals surface area contributed by atoms with Crippen LogP contribution < -0.4 is 0 Å². The first-order chi connectivity index (χ1) is 14.4. The first kappa shape index (κ1) is 24.7. The smallest absolute Gasteiger partial charge is 0.331 e. The summed E-state index contributed by atoms with van der Waals surface area (Å²) < 4.78 is 24.9. The number of carbonyl (C=O) groups is 3. The summed E-state index contributed by atoms with van der Waals surface area (Å²) in [5, 5.41) is 18.9. The first-order valence-electron chi connectivity index (χ1n) is 10.3. The molecule has 3 atom stereocenters. The van der Waals surface area contributed by atoms with Crippen LogP contribution in [0.25, 0.3) is 0 Å². The summed E-state index contributed by atoms with van der Waals surface area (Å²) in [5.74, 6) is -4.52. The number of carbonyl (C=O) groups excluding carboxylic acids is 1. The lowest BCUT2D eigenvalue weighted by Gasteiger charge is -2.41. The molecule has 31 heavy (non-hydrogen) atoms. The van der Waals surface area contributed by atoms with Gasteiger partial charge in [0, 0.05) is 18.9 Å². The summed E-state index contributed by atoms with van der Waals surface area (Å²) in [6.07, 6.45) is -0.531. The van der Waals surface area contributed by atoms with E-state index in [4.69, 9.17) is 14.6 Å². The van der Waals surface area contributed by atoms with Crippen molar-refractivity contribution in [3.05, 3.63) is 35.6 Å². The monoisotopic (exact) mass is 439 g/mol. The van der Waals surface area contributed by atoms with Gasteiger partial charge in [-0.1, -0.05) is 26.0 Å². The third-order valence-electron chi connectivity index (χ3n) is 5.03. The standard InChI is InChI=1S/C22H30FNO7/c1-13(2)20(27)24(19(21(28)29)14-5-7-15(23)8-6-14)10-9-16-11-17(12-18(25)26)31-22(3,4)30-16/h5-8,13,16-17,19H,9-12H2,1-4H3,(H,25,26)(H,28,29)/t16-,17-,19?/m0/s1. The van der Waals surface area contributed by atoms with Gasteiger partial charge in [0.15, 0.2) is 11.8 Å². The molecule has 172 valence electrons. The minimum atomic E-state index is -1.28. The zero-order valence-electron chi connectivity index (χ0n) is 18.2. The predicted octanol–water partition coefficient (Wildman–Crippen LogP) is 3.21. The number of rotatable bonds is 9. The molecule has 1 amide bonds. The Bertz CT molecular complexity index is 794. The molecule has 1 aromatic carbocycles. The fourth-order valence-electron chi connectivity index (χ4n) is 3.80. The molecule has 1 aliphatic heterocycles. The van der Waals surface area contributed by atoms with Crippen molar-refractivity contribution in [1.29, 1.82) is 0 Å². The van der Waals surface area contributed by atoms with Crippen LogP contribution in [0.3, 0.4) is 0 Å². The summed E-state index contributed by atoms with van der Waals surface area (Å²) in [4.78, 5) is 37.3. The van der Waals surface area contributed by atoms with Crippen molar-refractivity contribution >= 4 is 17.8 Å². The van der Waals surface area contributed by atoms with E-state index in [0.717, 1.165) is 12.1 Å². The third kappa shape index (κ3) is 7.00. The maximum absolute atomic E-state index is 13.3. The summed E-state index contributed by atoms with van der Waals surface area (Å²) in [6.45, 7) is 6.80. The lowest BCUT2D eigenvalue weighted by molar-refractivity contribution is -0.300. The number of aliphatic carboxylic acids is 2. The van der Waals surface area contributed by atoms with Gasteiger partial charge in [-0.2, -0.15) is 0 Å². The van der Waals surface area contributed by atoms with Crippen LogP contribution in [0.2, 0.25) is 0 Å². The fourth-order valence-corrected chi connectivity index (χ4v) is 3.80. The predicted molar refractivity (Wildman–Crippen MR) is 109 cm³/mol. The van der Waals surface area contributed by atoms with Crippen molar-refractivity contribution < 1.29 is 38.5 Å². The van der Waals surface area contributed by atoms with Gasteiger partial charge in [-0.3, -0.25) is 9.59 Å². The Balaban J connectivity index is 2.23. The lowest BCUT2D eigenvalue weighted by atomic mass is 10.00. The molecule has 8 nitrogen and oxygen atoms in total. The molecule has 1 heterocycles. The highest BCUT2D eigenvalue weighted by Crippen LogP contribution is 2.31. The Kier molecular flexibility index (Phi) is 8.14. The average molecular weight is 439 g/mol. The largest absolute Gasteiger partial charge is 0.481 e. The van der Waals surface area contributed by atoms with Crippen LogP contribution in [-0.2, 0) is 23.9 Å². The zero-order valence-corrected chi connectivity index (χ0v) is 18.2. The number of amides is 1.